The van der Waals surface area contributed by atoms with E-state index in [4.69, 9.17) is 9.47 Å². The maximum atomic E-state index is 11.4. The summed E-state index contributed by atoms with van der Waals surface area (Å²) in [4.78, 5) is 13.7. The molecule has 1 saturated heterocycles. The Morgan fingerprint density at radius 2 is 2.13 bits per heavy atom. The van der Waals surface area contributed by atoms with E-state index in [9.17, 15) is 9.90 Å². The summed E-state index contributed by atoms with van der Waals surface area (Å²) in [6.07, 6.45) is 0.900. The van der Waals surface area contributed by atoms with E-state index in [-0.39, 0.29) is 5.92 Å². The molecular formula is C17H26N2O4. The van der Waals surface area contributed by atoms with Crippen LogP contribution in [-0.2, 0) is 11.3 Å². The van der Waals surface area contributed by atoms with Gasteiger partial charge in [-0.15, -0.1) is 0 Å². The second-order valence-corrected chi connectivity index (χ2v) is 5.85. The number of carbonyl (C=O) groups is 1. The lowest BCUT2D eigenvalue weighted by Gasteiger charge is -2.21. The third-order valence-electron chi connectivity index (χ3n) is 4.32. The van der Waals surface area contributed by atoms with Crippen LogP contribution in [0.2, 0.25) is 0 Å². The number of likely N-dealkylation sites (tertiary alicyclic amines) is 1. The number of hydrogen-bond donors (Lipinski definition) is 2. The normalized spacial score (nSPS) is 19.5. The zero-order valence-corrected chi connectivity index (χ0v) is 14.0. The number of carboxylic acid groups (broad SMARTS) is 1. The van der Waals surface area contributed by atoms with Gasteiger partial charge in [0.15, 0.2) is 11.5 Å². The summed E-state index contributed by atoms with van der Waals surface area (Å²) < 4.78 is 10.6. The predicted octanol–water partition coefficient (Wildman–Crippen LogP) is 1.59. The van der Waals surface area contributed by atoms with Gasteiger partial charge >= 0.3 is 5.97 Å². The van der Waals surface area contributed by atoms with Crippen LogP contribution in [0.5, 0.6) is 11.5 Å². The lowest BCUT2D eigenvalue weighted by molar-refractivity contribution is -0.140. The first-order valence-corrected chi connectivity index (χ1v) is 7.98. The van der Waals surface area contributed by atoms with Crippen molar-refractivity contribution in [1.29, 1.82) is 0 Å². The number of nitrogens with zero attached hydrogens (tertiary/aromatic N) is 1. The highest BCUT2D eigenvalue weighted by atomic mass is 16.5. The Kier molecular flexibility index (Phi) is 6.24. The van der Waals surface area contributed by atoms with Gasteiger partial charge in [-0.25, -0.2) is 0 Å². The number of nitrogens with one attached hydrogen (secondary N) is 1. The Balaban J connectivity index is 1.98. The van der Waals surface area contributed by atoms with Crippen LogP contribution in [0.15, 0.2) is 18.2 Å². The Morgan fingerprint density at radius 3 is 2.74 bits per heavy atom. The molecule has 1 aromatic carbocycles. The van der Waals surface area contributed by atoms with E-state index < -0.39 is 12.0 Å². The molecular weight excluding hydrogens is 296 g/mol. The van der Waals surface area contributed by atoms with Crippen LogP contribution in [-0.4, -0.2) is 55.9 Å². The van der Waals surface area contributed by atoms with Crippen molar-refractivity contribution >= 4 is 5.97 Å². The minimum absolute atomic E-state index is 0.146. The minimum atomic E-state index is -0.759. The number of ether oxygens (including phenoxy) is 2. The third kappa shape index (κ3) is 4.36. The highest BCUT2D eigenvalue weighted by Gasteiger charge is 2.33. The van der Waals surface area contributed by atoms with Crippen LogP contribution in [0.4, 0.5) is 0 Å². The minimum Gasteiger partial charge on any atom is -0.493 e. The molecule has 0 aliphatic carbocycles. The number of likely N-dealkylation sites (N-methyl/N-ethyl adjacent to an activating group) is 1. The molecule has 2 atom stereocenters. The highest BCUT2D eigenvalue weighted by Crippen LogP contribution is 2.29. The van der Waals surface area contributed by atoms with E-state index in [1.807, 2.05) is 25.1 Å². The quantitative estimate of drug-likeness (QED) is 0.757. The molecule has 2 unspecified atom stereocenters. The van der Waals surface area contributed by atoms with Crippen LogP contribution >= 0.6 is 0 Å². The lowest BCUT2D eigenvalue weighted by Crippen LogP contribution is -2.43. The van der Waals surface area contributed by atoms with E-state index in [0.717, 1.165) is 37.4 Å². The largest absolute Gasteiger partial charge is 0.493 e. The van der Waals surface area contributed by atoms with Crippen molar-refractivity contribution in [2.75, 3.05) is 33.9 Å². The van der Waals surface area contributed by atoms with Crippen molar-refractivity contribution < 1.29 is 19.4 Å². The van der Waals surface area contributed by atoms with Gasteiger partial charge < -0.3 is 19.9 Å². The molecule has 0 radical (unpaired) electrons. The average Bonchev–Trinajstić information content (AvgIpc) is 3.00. The molecule has 1 aliphatic heterocycles. The molecule has 2 N–H and O–H groups in total. The second-order valence-electron chi connectivity index (χ2n) is 5.85. The van der Waals surface area contributed by atoms with Gasteiger partial charge in [0, 0.05) is 13.1 Å². The van der Waals surface area contributed by atoms with Crippen LogP contribution < -0.4 is 14.8 Å². The maximum Gasteiger partial charge on any atom is 0.321 e. The highest BCUT2D eigenvalue weighted by molar-refractivity contribution is 5.74. The van der Waals surface area contributed by atoms with E-state index in [2.05, 4.69) is 10.2 Å². The Morgan fingerprint density at radius 1 is 1.39 bits per heavy atom. The summed E-state index contributed by atoms with van der Waals surface area (Å²) in [5.74, 6) is 0.822. The SMILES string of the molecule is CCNC(C(=O)O)C1CCN(Cc2ccc(OC)c(OC)c2)C1. The standard InChI is InChI=1S/C17H26N2O4/c1-4-18-16(17(20)21)13-7-8-19(11-13)10-12-5-6-14(22-2)15(9-12)23-3/h5-6,9,13,16,18H,4,7-8,10-11H2,1-3H3,(H,20,21). The van der Waals surface area contributed by atoms with E-state index in [0.29, 0.717) is 12.3 Å². The van der Waals surface area contributed by atoms with Gasteiger partial charge in [0.05, 0.1) is 14.2 Å². The Hall–Kier alpha value is -1.79. The zero-order valence-electron chi connectivity index (χ0n) is 14.0. The Labute approximate surface area is 137 Å². The van der Waals surface area contributed by atoms with Crippen molar-refractivity contribution in [2.24, 2.45) is 5.92 Å². The van der Waals surface area contributed by atoms with Gasteiger partial charge in [-0.2, -0.15) is 0 Å². The third-order valence-corrected chi connectivity index (χ3v) is 4.32. The molecule has 1 aromatic rings. The first kappa shape index (κ1) is 17.6. The van der Waals surface area contributed by atoms with Crippen molar-refractivity contribution in [3.8, 4) is 11.5 Å². The molecule has 6 heteroatoms. The summed E-state index contributed by atoms with van der Waals surface area (Å²) in [5.41, 5.74) is 1.14. The molecule has 1 aliphatic rings. The van der Waals surface area contributed by atoms with E-state index in [1.165, 1.54) is 0 Å². The molecule has 128 valence electrons. The molecule has 6 nitrogen and oxygen atoms in total. The molecule has 0 amide bonds. The molecule has 1 fully saturated rings. The molecule has 2 rings (SSSR count). The molecule has 0 aromatic heterocycles. The fraction of sp³-hybridized carbons (Fsp3) is 0.588. The van der Waals surface area contributed by atoms with Gasteiger partial charge in [0.25, 0.3) is 0 Å². The van der Waals surface area contributed by atoms with Crippen LogP contribution in [0, 0.1) is 5.92 Å². The Bertz CT molecular complexity index is 535. The van der Waals surface area contributed by atoms with E-state index >= 15 is 0 Å². The summed E-state index contributed by atoms with van der Waals surface area (Å²) in [7, 11) is 3.25. The van der Waals surface area contributed by atoms with Gasteiger partial charge in [0.2, 0.25) is 0 Å². The van der Waals surface area contributed by atoms with Gasteiger partial charge in [0.1, 0.15) is 6.04 Å². The average molecular weight is 322 g/mol. The summed E-state index contributed by atoms with van der Waals surface area (Å²) >= 11 is 0. The maximum absolute atomic E-state index is 11.4. The number of aliphatic carboxylic acids is 1. The van der Waals surface area contributed by atoms with Gasteiger partial charge in [-0.1, -0.05) is 13.0 Å². The first-order valence-electron chi connectivity index (χ1n) is 7.98. The number of hydrogen-bond acceptors (Lipinski definition) is 5. The summed E-state index contributed by atoms with van der Waals surface area (Å²) in [6, 6.07) is 5.44. The van der Waals surface area contributed by atoms with Crippen LogP contribution in [0.1, 0.15) is 18.9 Å². The lowest BCUT2D eigenvalue weighted by atomic mass is 9.99. The fourth-order valence-corrected chi connectivity index (χ4v) is 3.19. The molecule has 0 spiro atoms. The number of methoxy groups -OCH3 is 2. The van der Waals surface area contributed by atoms with Gasteiger partial charge in [-0.05, 0) is 43.1 Å². The first-order chi connectivity index (χ1) is 11.1. The van der Waals surface area contributed by atoms with E-state index in [1.54, 1.807) is 14.2 Å². The van der Waals surface area contributed by atoms with Crippen molar-refractivity contribution in [2.45, 2.75) is 25.9 Å². The molecule has 23 heavy (non-hydrogen) atoms. The smallest absolute Gasteiger partial charge is 0.321 e. The number of carboxylic acids is 1. The van der Waals surface area contributed by atoms with Crippen molar-refractivity contribution in [3.63, 3.8) is 0 Å². The van der Waals surface area contributed by atoms with Crippen molar-refractivity contribution in [1.82, 2.24) is 10.2 Å². The predicted molar refractivity (Wildman–Crippen MR) is 88.0 cm³/mol. The molecule has 0 saturated carbocycles. The summed E-state index contributed by atoms with van der Waals surface area (Å²) in [6.45, 7) is 5.09. The summed E-state index contributed by atoms with van der Waals surface area (Å²) in [5, 5.41) is 12.4. The van der Waals surface area contributed by atoms with Gasteiger partial charge in [-0.3, -0.25) is 9.69 Å². The number of benzene rings is 1. The van der Waals surface area contributed by atoms with Crippen LogP contribution in [0.25, 0.3) is 0 Å². The van der Waals surface area contributed by atoms with Crippen LogP contribution in [0.3, 0.4) is 0 Å². The second kappa shape index (κ2) is 8.17. The van der Waals surface area contributed by atoms with Crippen molar-refractivity contribution in [3.05, 3.63) is 23.8 Å². The zero-order chi connectivity index (χ0) is 16.8. The number of rotatable bonds is 8. The molecule has 0 bridgehead atoms. The monoisotopic (exact) mass is 322 g/mol. The fourth-order valence-electron chi connectivity index (χ4n) is 3.19. The topological polar surface area (TPSA) is 71.0 Å². The molecule has 1 heterocycles.